The standard InChI is InChI=1S/C29H28O14/c1-13(30)37-12-22-26(39-14(2)31)27(40-15(3)32)28(41-16(4)33)29(42-22)43-25-21(35)10-9-19-23(36)20(11-38-24(19)25)17-5-7-18(34)8-6-17/h5-11,22,26-29,34-35H,12H2,1-4H3/t22-,26-,27+,28-,29?/m1/s1. The minimum Gasteiger partial charge on any atom is -0.508 e. The Kier molecular flexibility index (Phi) is 9.19. The predicted octanol–water partition coefficient (Wildman–Crippen LogP) is 2.33. The van der Waals surface area contributed by atoms with Gasteiger partial charge in [0.05, 0.1) is 10.9 Å². The minimum absolute atomic E-state index is 0.000595. The highest BCUT2D eigenvalue weighted by Gasteiger charge is 2.53. The summed E-state index contributed by atoms with van der Waals surface area (Å²) in [4.78, 5) is 61.1. The maximum atomic E-state index is 13.4. The third-order valence-electron chi connectivity index (χ3n) is 6.24. The molecule has 0 saturated carbocycles. The fourth-order valence-electron chi connectivity index (χ4n) is 4.52. The highest BCUT2D eigenvalue weighted by Crippen LogP contribution is 2.38. The van der Waals surface area contributed by atoms with Crippen LogP contribution in [-0.4, -0.2) is 71.4 Å². The Morgan fingerprint density at radius 2 is 1.40 bits per heavy atom. The first-order valence-electron chi connectivity index (χ1n) is 12.9. The van der Waals surface area contributed by atoms with Gasteiger partial charge in [0.2, 0.25) is 23.6 Å². The number of aromatic hydroxyl groups is 2. The molecule has 0 aliphatic carbocycles. The quantitative estimate of drug-likeness (QED) is 0.282. The number of phenolic OH excluding ortho intramolecular Hbond substituents is 2. The summed E-state index contributed by atoms with van der Waals surface area (Å²) >= 11 is 0. The summed E-state index contributed by atoms with van der Waals surface area (Å²) in [7, 11) is 0. The van der Waals surface area contributed by atoms with Crippen LogP contribution < -0.4 is 10.2 Å². The van der Waals surface area contributed by atoms with Gasteiger partial charge in [-0.15, -0.1) is 0 Å². The molecule has 0 radical (unpaired) electrons. The van der Waals surface area contributed by atoms with Gasteiger partial charge < -0.3 is 43.1 Å². The van der Waals surface area contributed by atoms with Crippen LogP contribution in [0.15, 0.2) is 51.9 Å². The molecular weight excluding hydrogens is 572 g/mol. The lowest BCUT2D eigenvalue weighted by Gasteiger charge is -2.43. The van der Waals surface area contributed by atoms with E-state index in [1.54, 1.807) is 0 Å². The number of esters is 4. The number of rotatable bonds is 8. The average molecular weight is 601 g/mol. The van der Waals surface area contributed by atoms with Crippen molar-refractivity contribution < 1.29 is 62.2 Å². The van der Waals surface area contributed by atoms with Crippen molar-refractivity contribution in [2.24, 2.45) is 0 Å². The lowest BCUT2D eigenvalue weighted by molar-refractivity contribution is -0.288. The summed E-state index contributed by atoms with van der Waals surface area (Å²) in [6.07, 6.45) is -6.38. The van der Waals surface area contributed by atoms with Crippen LogP contribution in [0.2, 0.25) is 0 Å². The third kappa shape index (κ3) is 7.04. The first-order valence-corrected chi connectivity index (χ1v) is 12.9. The van der Waals surface area contributed by atoms with Crippen molar-refractivity contribution in [2.45, 2.75) is 58.4 Å². The lowest BCUT2D eigenvalue weighted by Crippen LogP contribution is -2.63. The summed E-state index contributed by atoms with van der Waals surface area (Å²) in [5, 5.41) is 20.3. The van der Waals surface area contributed by atoms with E-state index in [4.69, 9.17) is 32.8 Å². The second-order valence-electron chi connectivity index (χ2n) is 9.50. The van der Waals surface area contributed by atoms with Gasteiger partial charge in [-0.2, -0.15) is 0 Å². The fraction of sp³-hybridized carbons (Fsp3) is 0.345. The van der Waals surface area contributed by atoms with Crippen LogP contribution in [0, 0.1) is 0 Å². The summed E-state index contributed by atoms with van der Waals surface area (Å²) in [6, 6.07) is 8.30. The first-order chi connectivity index (χ1) is 20.3. The highest BCUT2D eigenvalue weighted by atomic mass is 16.7. The Labute approximate surface area is 243 Å². The van der Waals surface area contributed by atoms with E-state index in [0.29, 0.717) is 5.56 Å². The van der Waals surface area contributed by atoms with E-state index < -0.39 is 78.1 Å². The summed E-state index contributed by atoms with van der Waals surface area (Å²) in [5.74, 6) is -4.10. The molecule has 4 rings (SSSR count). The molecule has 1 saturated heterocycles. The van der Waals surface area contributed by atoms with Crippen molar-refractivity contribution in [3.05, 3.63) is 52.9 Å². The zero-order valence-corrected chi connectivity index (χ0v) is 23.4. The van der Waals surface area contributed by atoms with Gasteiger partial charge in [-0.05, 0) is 29.8 Å². The summed E-state index contributed by atoms with van der Waals surface area (Å²) < 4.78 is 38.7. The highest BCUT2D eigenvalue weighted by molar-refractivity contribution is 5.88. The first kappa shape index (κ1) is 30.8. The number of carbonyl (C=O) groups is 4. The molecule has 3 aromatic rings. The van der Waals surface area contributed by atoms with Crippen molar-refractivity contribution in [3.63, 3.8) is 0 Å². The van der Waals surface area contributed by atoms with E-state index in [-0.39, 0.29) is 22.3 Å². The summed E-state index contributed by atoms with van der Waals surface area (Å²) in [5.41, 5.74) is -0.112. The monoisotopic (exact) mass is 600 g/mol. The fourth-order valence-corrected chi connectivity index (χ4v) is 4.52. The molecule has 1 aliphatic rings. The van der Waals surface area contributed by atoms with E-state index in [9.17, 15) is 34.2 Å². The van der Waals surface area contributed by atoms with E-state index in [1.807, 2.05) is 0 Å². The molecule has 1 fully saturated rings. The second-order valence-corrected chi connectivity index (χ2v) is 9.50. The second kappa shape index (κ2) is 12.8. The Morgan fingerprint density at radius 3 is 2.00 bits per heavy atom. The van der Waals surface area contributed by atoms with Crippen LogP contribution in [0.3, 0.4) is 0 Å². The molecule has 0 amide bonds. The molecule has 1 aliphatic heterocycles. The van der Waals surface area contributed by atoms with Gasteiger partial charge in [-0.25, -0.2) is 0 Å². The Balaban J connectivity index is 1.80. The molecule has 1 aromatic heterocycles. The molecular formula is C29H28O14. The topological polar surface area (TPSA) is 194 Å². The van der Waals surface area contributed by atoms with Crippen LogP contribution in [0.5, 0.6) is 17.2 Å². The van der Waals surface area contributed by atoms with Crippen LogP contribution in [0.4, 0.5) is 0 Å². The molecule has 14 nitrogen and oxygen atoms in total. The van der Waals surface area contributed by atoms with Crippen LogP contribution in [-0.2, 0) is 42.9 Å². The minimum atomic E-state index is -1.68. The zero-order valence-electron chi connectivity index (χ0n) is 23.4. The number of fused-ring (bicyclic) bond motifs is 1. The number of phenols is 2. The molecule has 14 heteroatoms. The molecule has 0 bridgehead atoms. The van der Waals surface area contributed by atoms with Gasteiger partial charge in [0, 0.05) is 27.7 Å². The number of carbonyl (C=O) groups excluding carboxylic acids is 4. The Hall–Kier alpha value is -5.11. The number of ether oxygens (including phenoxy) is 6. The molecule has 1 unspecified atom stereocenters. The van der Waals surface area contributed by atoms with Crippen molar-refractivity contribution in [1.29, 1.82) is 0 Å². The van der Waals surface area contributed by atoms with Gasteiger partial charge in [0.1, 0.15) is 24.7 Å². The van der Waals surface area contributed by atoms with Crippen molar-refractivity contribution >= 4 is 34.8 Å². The van der Waals surface area contributed by atoms with Crippen LogP contribution >= 0.6 is 0 Å². The number of hydrogen-bond donors (Lipinski definition) is 2. The van der Waals surface area contributed by atoms with Crippen LogP contribution in [0.1, 0.15) is 27.7 Å². The van der Waals surface area contributed by atoms with Crippen molar-refractivity contribution in [2.75, 3.05) is 6.61 Å². The van der Waals surface area contributed by atoms with Gasteiger partial charge in [-0.3, -0.25) is 24.0 Å². The maximum absolute atomic E-state index is 13.4. The number of benzene rings is 2. The SMILES string of the molecule is CC(=O)OC[C@H]1OC(Oc2c(O)ccc3c(=O)c(-c4ccc(O)cc4)coc23)[C@H](OC(C)=O)[C@@H](OC(C)=O)[C@@H]1OC(C)=O. The molecule has 43 heavy (non-hydrogen) atoms. The molecule has 228 valence electrons. The predicted molar refractivity (Wildman–Crippen MR) is 144 cm³/mol. The van der Waals surface area contributed by atoms with Crippen molar-refractivity contribution in [3.8, 4) is 28.4 Å². The van der Waals surface area contributed by atoms with E-state index in [2.05, 4.69) is 0 Å². The normalized spacial score (nSPS) is 21.4. The summed E-state index contributed by atoms with van der Waals surface area (Å²) in [6.45, 7) is 3.85. The van der Waals surface area contributed by atoms with E-state index >= 15 is 0 Å². The van der Waals surface area contributed by atoms with Crippen molar-refractivity contribution in [1.82, 2.24) is 0 Å². The van der Waals surface area contributed by atoms with Gasteiger partial charge in [-0.1, -0.05) is 12.1 Å². The van der Waals surface area contributed by atoms with E-state index in [0.717, 1.165) is 34.0 Å². The zero-order chi connectivity index (χ0) is 31.4. The van der Waals surface area contributed by atoms with Gasteiger partial charge in [0.15, 0.2) is 23.5 Å². The molecule has 2 heterocycles. The smallest absolute Gasteiger partial charge is 0.303 e. The van der Waals surface area contributed by atoms with Gasteiger partial charge >= 0.3 is 23.9 Å². The number of hydrogen-bond acceptors (Lipinski definition) is 14. The Bertz CT molecular complexity index is 1590. The molecule has 0 spiro atoms. The Morgan fingerprint density at radius 1 is 0.791 bits per heavy atom. The van der Waals surface area contributed by atoms with E-state index in [1.165, 1.54) is 36.4 Å². The molecule has 2 N–H and O–H groups in total. The third-order valence-corrected chi connectivity index (χ3v) is 6.24. The average Bonchev–Trinajstić information content (AvgIpc) is 2.92. The largest absolute Gasteiger partial charge is 0.508 e. The molecule has 5 atom stereocenters. The molecule has 2 aromatic carbocycles. The maximum Gasteiger partial charge on any atom is 0.303 e. The van der Waals surface area contributed by atoms with Crippen LogP contribution in [0.25, 0.3) is 22.1 Å². The van der Waals surface area contributed by atoms with Gasteiger partial charge in [0.25, 0.3) is 0 Å². The lowest BCUT2D eigenvalue weighted by atomic mass is 9.98.